The molecule has 2 amide bonds. The first-order chi connectivity index (χ1) is 11.5. The van der Waals surface area contributed by atoms with E-state index >= 15 is 0 Å². The Morgan fingerprint density at radius 2 is 2.08 bits per heavy atom. The fourth-order valence-corrected chi connectivity index (χ4v) is 2.94. The van der Waals surface area contributed by atoms with E-state index in [2.05, 4.69) is 21.6 Å². The molecular weight excluding hydrogens is 304 g/mol. The number of anilines is 1. The van der Waals surface area contributed by atoms with Gasteiger partial charge in [-0.1, -0.05) is 32.4 Å². The predicted octanol–water partition coefficient (Wildman–Crippen LogP) is 3.15. The zero-order valence-corrected chi connectivity index (χ0v) is 13.9. The van der Waals surface area contributed by atoms with E-state index in [1.54, 1.807) is 6.07 Å². The van der Waals surface area contributed by atoms with Gasteiger partial charge < -0.3 is 11.1 Å². The van der Waals surface area contributed by atoms with Crippen molar-refractivity contribution in [3.8, 4) is 0 Å². The van der Waals surface area contributed by atoms with E-state index in [0.29, 0.717) is 22.9 Å². The molecule has 0 radical (unpaired) electrons. The van der Waals surface area contributed by atoms with E-state index in [1.165, 1.54) is 24.8 Å². The lowest BCUT2D eigenvalue weighted by atomic mass is 9.79. The molecule has 3 rings (SSSR count). The van der Waals surface area contributed by atoms with Crippen molar-refractivity contribution in [2.24, 2.45) is 5.73 Å². The van der Waals surface area contributed by atoms with Gasteiger partial charge in [-0.05, 0) is 42.4 Å². The van der Waals surface area contributed by atoms with E-state index in [9.17, 15) is 9.59 Å². The highest BCUT2D eigenvalue weighted by molar-refractivity contribution is 6.08. The summed E-state index contributed by atoms with van der Waals surface area (Å²) in [4.78, 5) is 24.2. The summed E-state index contributed by atoms with van der Waals surface area (Å²) in [6.07, 6.45) is 3.60. The monoisotopic (exact) mass is 326 g/mol. The van der Waals surface area contributed by atoms with Crippen LogP contribution in [0.3, 0.4) is 0 Å². The van der Waals surface area contributed by atoms with Crippen LogP contribution in [-0.4, -0.2) is 22.0 Å². The van der Waals surface area contributed by atoms with Crippen molar-refractivity contribution in [3.63, 3.8) is 0 Å². The number of nitrogens with zero attached hydrogens (tertiary/aromatic N) is 1. The second-order valence-corrected chi connectivity index (χ2v) is 6.59. The zero-order valence-electron chi connectivity index (χ0n) is 13.9. The molecule has 0 spiro atoms. The van der Waals surface area contributed by atoms with Gasteiger partial charge in [0.1, 0.15) is 0 Å². The van der Waals surface area contributed by atoms with Crippen LogP contribution in [0.2, 0.25) is 0 Å². The van der Waals surface area contributed by atoms with Gasteiger partial charge in [0.15, 0.2) is 5.69 Å². The minimum atomic E-state index is -0.670. The molecule has 1 fully saturated rings. The Balaban J connectivity index is 1.87. The first kappa shape index (κ1) is 16.2. The summed E-state index contributed by atoms with van der Waals surface area (Å²) in [6, 6.07) is 7.66. The van der Waals surface area contributed by atoms with Gasteiger partial charge in [0.05, 0.1) is 11.4 Å². The number of carbonyl (C=O) groups is 2. The minimum Gasteiger partial charge on any atom is -0.364 e. The SMILES string of the molecule is CC(C)c1[nH]nc(C(N)=O)c1NC(=O)c1cccc(C2CCC2)c1. The van der Waals surface area contributed by atoms with Crippen molar-refractivity contribution >= 4 is 17.5 Å². The van der Waals surface area contributed by atoms with Crippen LogP contribution in [-0.2, 0) is 0 Å². The largest absolute Gasteiger partial charge is 0.364 e. The van der Waals surface area contributed by atoms with Crippen LogP contribution in [0.4, 0.5) is 5.69 Å². The zero-order chi connectivity index (χ0) is 17.3. The molecule has 0 bridgehead atoms. The van der Waals surface area contributed by atoms with Gasteiger partial charge >= 0.3 is 0 Å². The number of amides is 2. The molecular formula is C18H22N4O2. The van der Waals surface area contributed by atoms with Gasteiger partial charge in [0.25, 0.3) is 11.8 Å². The molecule has 0 atom stereocenters. The third-order valence-corrected chi connectivity index (χ3v) is 4.57. The Bertz CT molecular complexity index is 775. The first-order valence-electron chi connectivity index (χ1n) is 8.26. The molecule has 1 aliphatic carbocycles. The molecule has 24 heavy (non-hydrogen) atoms. The normalized spacial score (nSPS) is 14.5. The van der Waals surface area contributed by atoms with Crippen molar-refractivity contribution in [1.29, 1.82) is 0 Å². The summed E-state index contributed by atoms with van der Waals surface area (Å²) in [5, 5.41) is 9.54. The van der Waals surface area contributed by atoms with Crippen LogP contribution < -0.4 is 11.1 Å². The van der Waals surface area contributed by atoms with Gasteiger partial charge in [-0.25, -0.2) is 0 Å². The number of carbonyl (C=O) groups excluding carboxylic acids is 2. The number of nitrogens with one attached hydrogen (secondary N) is 2. The number of hydrogen-bond acceptors (Lipinski definition) is 3. The first-order valence-corrected chi connectivity index (χ1v) is 8.26. The van der Waals surface area contributed by atoms with Crippen LogP contribution >= 0.6 is 0 Å². The van der Waals surface area contributed by atoms with Crippen LogP contribution in [0.1, 0.15) is 77.0 Å². The highest BCUT2D eigenvalue weighted by Crippen LogP contribution is 2.36. The summed E-state index contributed by atoms with van der Waals surface area (Å²) in [5.41, 5.74) is 8.25. The molecule has 126 valence electrons. The maximum absolute atomic E-state index is 12.6. The van der Waals surface area contributed by atoms with Gasteiger partial charge in [0.2, 0.25) is 0 Å². The Morgan fingerprint density at radius 1 is 1.33 bits per heavy atom. The quantitative estimate of drug-likeness (QED) is 0.786. The van der Waals surface area contributed by atoms with E-state index < -0.39 is 5.91 Å². The van der Waals surface area contributed by atoms with Crippen molar-refractivity contribution in [1.82, 2.24) is 10.2 Å². The van der Waals surface area contributed by atoms with Gasteiger partial charge in [-0.2, -0.15) is 5.10 Å². The summed E-state index contributed by atoms with van der Waals surface area (Å²) in [7, 11) is 0. The van der Waals surface area contributed by atoms with Gasteiger partial charge in [-0.3, -0.25) is 14.7 Å². The Labute approximate surface area is 140 Å². The van der Waals surface area contributed by atoms with Crippen molar-refractivity contribution in [2.45, 2.75) is 44.9 Å². The predicted molar refractivity (Wildman–Crippen MR) is 92.2 cm³/mol. The molecule has 0 unspecified atom stereocenters. The molecule has 0 aliphatic heterocycles. The Morgan fingerprint density at radius 3 is 2.67 bits per heavy atom. The lowest BCUT2D eigenvalue weighted by Gasteiger charge is -2.26. The number of nitrogens with two attached hydrogens (primary N) is 1. The standard InChI is InChI=1S/C18H22N4O2/c1-10(2)14-15(16(17(19)23)22-21-14)20-18(24)13-8-4-7-12(9-13)11-5-3-6-11/h4,7-11H,3,5-6H2,1-2H3,(H2,19,23)(H,20,24)(H,21,22). The number of benzene rings is 1. The third kappa shape index (κ3) is 3.04. The molecule has 6 nitrogen and oxygen atoms in total. The Kier molecular flexibility index (Phi) is 4.38. The van der Waals surface area contributed by atoms with Gasteiger partial charge in [0, 0.05) is 5.56 Å². The van der Waals surface area contributed by atoms with Gasteiger partial charge in [-0.15, -0.1) is 0 Å². The number of primary amides is 1. The number of aromatic amines is 1. The van der Waals surface area contributed by atoms with Crippen LogP contribution in [0.25, 0.3) is 0 Å². The number of hydrogen-bond donors (Lipinski definition) is 3. The van der Waals surface area contributed by atoms with E-state index in [1.807, 2.05) is 26.0 Å². The maximum atomic E-state index is 12.6. The summed E-state index contributed by atoms with van der Waals surface area (Å²) >= 11 is 0. The van der Waals surface area contributed by atoms with Crippen LogP contribution in [0.15, 0.2) is 24.3 Å². The topological polar surface area (TPSA) is 101 Å². The third-order valence-electron chi connectivity index (χ3n) is 4.57. The molecule has 1 heterocycles. The molecule has 1 aromatic heterocycles. The molecule has 1 saturated carbocycles. The summed E-state index contributed by atoms with van der Waals surface area (Å²) in [6.45, 7) is 3.90. The lowest BCUT2D eigenvalue weighted by molar-refractivity contribution is 0.0996. The van der Waals surface area contributed by atoms with E-state index in [-0.39, 0.29) is 17.5 Å². The van der Waals surface area contributed by atoms with Crippen molar-refractivity contribution in [2.75, 3.05) is 5.32 Å². The summed E-state index contributed by atoms with van der Waals surface area (Å²) < 4.78 is 0. The Hall–Kier alpha value is -2.63. The molecule has 1 aliphatic rings. The second-order valence-electron chi connectivity index (χ2n) is 6.59. The van der Waals surface area contributed by atoms with Crippen molar-refractivity contribution in [3.05, 3.63) is 46.8 Å². The highest BCUT2D eigenvalue weighted by atomic mass is 16.2. The second kappa shape index (κ2) is 6.47. The number of rotatable bonds is 5. The fourth-order valence-electron chi connectivity index (χ4n) is 2.94. The lowest BCUT2D eigenvalue weighted by Crippen LogP contribution is -2.19. The van der Waals surface area contributed by atoms with Crippen LogP contribution in [0.5, 0.6) is 0 Å². The highest BCUT2D eigenvalue weighted by Gasteiger charge is 2.23. The maximum Gasteiger partial charge on any atom is 0.271 e. The fraction of sp³-hybridized carbons (Fsp3) is 0.389. The molecule has 1 aromatic carbocycles. The van der Waals surface area contributed by atoms with Crippen molar-refractivity contribution < 1.29 is 9.59 Å². The minimum absolute atomic E-state index is 0.0576. The molecule has 4 N–H and O–H groups in total. The smallest absolute Gasteiger partial charge is 0.271 e. The van der Waals surface area contributed by atoms with E-state index in [4.69, 9.17) is 5.73 Å². The van der Waals surface area contributed by atoms with E-state index in [0.717, 1.165) is 0 Å². The average molecular weight is 326 g/mol. The molecule has 2 aromatic rings. The number of aromatic nitrogens is 2. The molecule has 6 heteroatoms. The number of H-pyrrole nitrogens is 1. The average Bonchev–Trinajstić information content (AvgIpc) is 2.89. The summed E-state index contributed by atoms with van der Waals surface area (Å²) in [5.74, 6) is -0.306. The molecule has 0 saturated heterocycles. The van der Waals surface area contributed by atoms with Crippen LogP contribution in [0, 0.1) is 0 Å².